The second-order valence-corrected chi connectivity index (χ2v) is 8.82. The number of fused-ring (bicyclic) bond motifs is 1. The fourth-order valence-electron chi connectivity index (χ4n) is 3.32. The molecule has 6 nitrogen and oxygen atoms in total. The van der Waals surface area contributed by atoms with Crippen LogP contribution in [0.1, 0.15) is 29.5 Å². The van der Waals surface area contributed by atoms with Gasteiger partial charge in [-0.25, -0.2) is 0 Å². The van der Waals surface area contributed by atoms with Crippen LogP contribution in [0.3, 0.4) is 0 Å². The first-order valence-electron chi connectivity index (χ1n) is 9.02. The fourth-order valence-corrected chi connectivity index (χ4v) is 5.30. The van der Waals surface area contributed by atoms with E-state index in [2.05, 4.69) is 27.8 Å². The number of rotatable bonds is 6. The van der Waals surface area contributed by atoms with Gasteiger partial charge in [0, 0.05) is 22.9 Å². The van der Waals surface area contributed by atoms with Crippen molar-refractivity contribution in [3.05, 3.63) is 40.0 Å². The van der Waals surface area contributed by atoms with Gasteiger partial charge in [0.15, 0.2) is 11.0 Å². The predicted octanol–water partition coefficient (Wildman–Crippen LogP) is 3.67. The van der Waals surface area contributed by atoms with Crippen molar-refractivity contribution in [3.8, 4) is 11.4 Å². The summed E-state index contributed by atoms with van der Waals surface area (Å²) in [6.07, 6.45) is 5.10. The van der Waals surface area contributed by atoms with Crippen molar-refractivity contribution in [1.29, 1.82) is 0 Å². The highest BCUT2D eigenvalue weighted by Crippen LogP contribution is 2.37. The van der Waals surface area contributed by atoms with Crippen LogP contribution in [-0.2, 0) is 31.2 Å². The third kappa shape index (κ3) is 3.96. The van der Waals surface area contributed by atoms with Crippen molar-refractivity contribution in [2.75, 3.05) is 5.75 Å². The minimum atomic E-state index is -0.0529. The lowest BCUT2D eigenvalue weighted by Gasteiger charge is -2.18. The zero-order valence-corrected chi connectivity index (χ0v) is 17.0. The Morgan fingerprint density at radius 1 is 1.48 bits per heavy atom. The van der Waals surface area contributed by atoms with Crippen molar-refractivity contribution in [2.45, 2.75) is 37.9 Å². The van der Waals surface area contributed by atoms with E-state index in [0.29, 0.717) is 12.3 Å². The molecule has 27 heavy (non-hydrogen) atoms. The maximum Gasteiger partial charge on any atom is 0.230 e. The summed E-state index contributed by atoms with van der Waals surface area (Å²) in [4.78, 5) is 13.5. The monoisotopic (exact) mass is 402 g/mol. The van der Waals surface area contributed by atoms with Crippen LogP contribution in [0.5, 0.6) is 0 Å². The number of amides is 1. The summed E-state index contributed by atoms with van der Waals surface area (Å²) in [7, 11) is 1.97. The van der Waals surface area contributed by atoms with Crippen molar-refractivity contribution < 1.29 is 9.21 Å². The van der Waals surface area contributed by atoms with Gasteiger partial charge in [-0.3, -0.25) is 4.79 Å². The van der Waals surface area contributed by atoms with Gasteiger partial charge < -0.3 is 14.3 Å². The van der Waals surface area contributed by atoms with Crippen LogP contribution in [0.2, 0.25) is 0 Å². The Bertz CT molecular complexity index is 930. The number of nitrogens with one attached hydrogen (secondary N) is 1. The van der Waals surface area contributed by atoms with E-state index in [1.165, 1.54) is 34.2 Å². The van der Waals surface area contributed by atoms with Gasteiger partial charge in [-0.05, 0) is 42.9 Å². The van der Waals surface area contributed by atoms with E-state index in [9.17, 15) is 4.79 Å². The molecular formula is C19H22N4O2S2. The third-order valence-corrected chi connectivity index (χ3v) is 6.92. The molecule has 0 fully saturated rings. The number of aromatic nitrogens is 3. The summed E-state index contributed by atoms with van der Waals surface area (Å²) in [6.45, 7) is 2.71. The van der Waals surface area contributed by atoms with Crippen LogP contribution in [0, 0.1) is 5.92 Å². The van der Waals surface area contributed by atoms with Crippen molar-refractivity contribution in [1.82, 2.24) is 20.1 Å². The van der Waals surface area contributed by atoms with Crippen LogP contribution in [0.25, 0.3) is 11.4 Å². The average Bonchev–Trinajstić information content (AvgIpc) is 3.38. The largest absolute Gasteiger partial charge is 0.467 e. The Morgan fingerprint density at radius 2 is 2.37 bits per heavy atom. The van der Waals surface area contributed by atoms with Crippen molar-refractivity contribution in [3.63, 3.8) is 0 Å². The van der Waals surface area contributed by atoms with Crippen LogP contribution < -0.4 is 5.32 Å². The van der Waals surface area contributed by atoms with Gasteiger partial charge in [0.25, 0.3) is 0 Å². The van der Waals surface area contributed by atoms with E-state index < -0.39 is 0 Å². The molecule has 0 aliphatic heterocycles. The number of carbonyl (C=O) groups is 1. The second-order valence-electron chi connectivity index (χ2n) is 6.91. The molecule has 0 saturated heterocycles. The Morgan fingerprint density at radius 3 is 3.19 bits per heavy atom. The van der Waals surface area contributed by atoms with Gasteiger partial charge in [0.2, 0.25) is 5.91 Å². The molecule has 142 valence electrons. The van der Waals surface area contributed by atoms with Crippen LogP contribution in [0.15, 0.2) is 33.3 Å². The summed E-state index contributed by atoms with van der Waals surface area (Å²) < 4.78 is 7.21. The minimum Gasteiger partial charge on any atom is -0.467 e. The molecule has 0 saturated carbocycles. The van der Waals surface area contributed by atoms with Gasteiger partial charge in [-0.2, -0.15) is 0 Å². The summed E-state index contributed by atoms with van der Waals surface area (Å²) in [5.41, 5.74) is 2.63. The quantitative estimate of drug-likeness (QED) is 0.637. The molecule has 0 radical (unpaired) electrons. The Labute approximate surface area is 166 Å². The molecular weight excluding hydrogens is 380 g/mol. The zero-order valence-electron chi connectivity index (χ0n) is 15.4. The Kier molecular flexibility index (Phi) is 5.36. The molecule has 1 unspecified atom stereocenters. The maximum atomic E-state index is 12.1. The molecule has 3 aromatic heterocycles. The topological polar surface area (TPSA) is 73.0 Å². The molecule has 1 N–H and O–H groups in total. The van der Waals surface area contributed by atoms with E-state index in [0.717, 1.165) is 35.5 Å². The summed E-state index contributed by atoms with van der Waals surface area (Å²) >= 11 is 3.23. The molecule has 1 atom stereocenters. The number of hydrogen-bond acceptors (Lipinski definition) is 6. The van der Waals surface area contributed by atoms with Crippen LogP contribution in [-0.4, -0.2) is 26.4 Å². The van der Waals surface area contributed by atoms with Gasteiger partial charge in [-0.1, -0.05) is 18.7 Å². The SMILES string of the molecule is CC1CCc2c(-c3nnc(SCC(=O)NCc4ccco4)n3C)csc2C1. The molecule has 0 spiro atoms. The number of nitrogens with zero attached hydrogens (tertiary/aromatic N) is 3. The van der Waals surface area contributed by atoms with Gasteiger partial charge in [0.1, 0.15) is 5.76 Å². The summed E-state index contributed by atoms with van der Waals surface area (Å²) in [5.74, 6) is 2.63. The lowest BCUT2D eigenvalue weighted by atomic mass is 9.88. The Hall–Kier alpha value is -2.06. The lowest BCUT2D eigenvalue weighted by molar-refractivity contribution is -0.118. The molecule has 1 amide bonds. The fraction of sp³-hybridized carbons (Fsp3) is 0.421. The van der Waals surface area contributed by atoms with E-state index >= 15 is 0 Å². The first-order chi connectivity index (χ1) is 13.1. The molecule has 3 heterocycles. The second kappa shape index (κ2) is 7.90. The summed E-state index contributed by atoms with van der Waals surface area (Å²) in [6, 6.07) is 3.64. The highest BCUT2D eigenvalue weighted by Gasteiger charge is 2.23. The first-order valence-corrected chi connectivity index (χ1v) is 10.9. The third-order valence-electron chi connectivity index (χ3n) is 4.85. The molecule has 0 aromatic carbocycles. The van der Waals surface area contributed by atoms with Gasteiger partial charge in [0.05, 0.1) is 18.6 Å². The first kappa shape index (κ1) is 18.3. The highest BCUT2D eigenvalue weighted by molar-refractivity contribution is 7.99. The molecule has 0 bridgehead atoms. The van der Waals surface area contributed by atoms with Crippen LogP contribution >= 0.6 is 23.1 Å². The Balaban J connectivity index is 1.40. The maximum absolute atomic E-state index is 12.1. The van der Waals surface area contributed by atoms with Gasteiger partial charge in [-0.15, -0.1) is 21.5 Å². The lowest BCUT2D eigenvalue weighted by Crippen LogP contribution is -2.24. The normalized spacial score (nSPS) is 16.3. The molecule has 4 rings (SSSR count). The number of furan rings is 1. The summed E-state index contributed by atoms with van der Waals surface area (Å²) in [5, 5.41) is 14.5. The molecule has 1 aliphatic rings. The van der Waals surface area contributed by atoms with E-state index in [1.54, 1.807) is 12.3 Å². The average molecular weight is 403 g/mol. The highest BCUT2D eigenvalue weighted by atomic mass is 32.2. The number of thioether (sulfide) groups is 1. The number of hydrogen-bond donors (Lipinski definition) is 1. The zero-order chi connectivity index (χ0) is 18.8. The molecule has 8 heteroatoms. The van der Waals surface area contributed by atoms with E-state index in [-0.39, 0.29) is 5.91 Å². The van der Waals surface area contributed by atoms with Crippen LogP contribution in [0.4, 0.5) is 0 Å². The van der Waals surface area contributed by atoms with Gasteiger partial charge >= 0.3 is 0 Å². The molecule has 1 aliphatic carbocycles. The van der Waals surface area contributed by atoms with E-state index in [4.69, 9.17) is 4.42 Å². The van der Waals surface area contributed by atoms with E-state index in [1.807, 2.05) is 29.0 Å². The number of carbonyl (C=O) groups excluding carboxylic acids is 1. The minimum absolute atomic E-state index is 0.0529. The predicted molar refractivity (Wildman–Crippen MR) is 107 cm³/mol. The number of thiophene rings is 1. The standard InChI is InChI=1S/C19H22N4O2S2/c1-12-5-6-14-15(10-26-16(14)8-12)18-21-22-19(23(18)2)27-11-17(24)20-9-13-4-3-7-25-13/h3-4,7,10,12H,5-6,8-9,11H2,1-2H3,(H,20,24). The smallest absolute Gasteiger partial charge is 0.230 e. The van der Waals surface area contributed by atoms with Crippen molar-refractivity contribution >= 4 is 29.0 Å². The molecule has 3 aromatic rings. The van der Waals surface area contributed by atoms with Crippen molar-refractivity contribution in [2.24, 2.45) is 13.0 Å².